The second-order valence-corrected chi connectivity index (χ2v) is 4.14. The highest BCUT2D eigenvalue weighted by molar-refractivity contribution is 6.04. The quantitative estimate of drug-likeness (QED) is 0.873. The van der Waals surface area contributed by atoms with Crippen molar-refractivity contribution in [3.63, 3.8) is 0 Å². The van der Waals surface area contributed by atoms with E-state index in [1.165, 1.54) is 12.1 Å². The van der Waals surface area contributed by atoms with E-state index in [-0.39, 0.29) is 17.0 Å². The number of phenols is 1. The van der Waals surface area contributed by atoms with Gasteiger partial charge < -0.3 is 10.4 Å². The number of hydrogen-bond donors (Lipinski definition) is 2. The molecule has 0 unspecified atom stereocenters. The van der Waals surface area contributed by atoms with Crippen molar-refractivity contribution in [1.82, 2.24) is 0 Å². The standard InChI is InChI=1S/C14H11F2NO2/c1-8-4-9(15)6-10(5-8)17-14(19)12-3-2-11(18)7-13(12)16/h2-7,18H,1H3,(H,17,19). The van der Waals surface area contributed by atoms with E-state index >= 15 is 0 Å². The Labute approximate surface area is 108 Å². The number of aryl methyl sites for hydroxylation is 1. The van der Waals surface area contributed by atoms with Crippen LogP contribution in [-0.2, 0) is 0 Å². The lowest BCUT2D eigenvalue weighted by molar-refractivity contribution is 0.102. The van der Waals surface area contributed by atoms with Crippen LogP contribution in [0.15, 0.2) is 36.4 Å². The van der Waals surface area contributed by atoms with Crippen molar-refractivity contribution in [2.45, 2.75) is 6.92 Å². The summed E-state index contributed by atoms with van der Waals surface area (Å²) in [7, 11) is 0. The Bertz CT molecular complexity index is 621. The molecule has 5 heteroatoms. The van der Waals surface area contributed by atoms with Crippen molar-refractivity contribution in [2.24, 2.45) is 0 Å². The highest BCUT2D eigenvalue weighted by atomic mass is 19.1. The predicted octanol–water partition coefficient (Wildman–Crippen LogP) is 3.23. The second kappa shape index (κ2) is 5.06. The van der Waals surface area contributed by atoms with Gasteiger partial charge in [0.05, 0.1) is 5.56 Å². The molecule has 2 N–H and O–H groups in total. The molecule has 0 fully saturated rings. The Morgan fingerprint density at radius 1 is 1.16 bits per heavy atom. The number of rotatable bonds is 2. The van der Waals surface area contributed by atoms with Crippen LogP contribution in [0.5, 0.6) is 5.75 Å². The van der Waals surface area contributed by atoms with Gasteiger partial charge in [-0.2, -0.15) is 0 Å². The van der Waals surface area contributed by atoms with Crippen molar-refractivity contribution >= 4 is 11.6 Å². The van der Waals surface area contributed by atoms with E-state index in [4.69, 9.17) is 5.11 Å². The first kappa shape index (κ1) is 13.0. The number of phenolic OH excluding ortho intramolecular Hbond substituents is 1. The van der Waals surface area contributed by atoms with E-state index in [0.717, 1.165) is 18.2 Å². The van der Waals surface area contributed by atoms with Crippen LogP contribution < -0.4 is 5.32 Å². The van der Waals surface area contributed by atoms with Gasteiger partial charge in [-0.3, -0.25) is 4.79 Å². The summed E-state index contributed by atoms with van der Waals surface area (Å²) >= 11 is 0. The van der Waals surface area contributed by atoms with Gasteiger partial charge in [0.25, 0.3) is 5.91 Å². The first-order valence-corrected chi connectivity index (χ1v) is 5.53. The minimum atomic E-state index is -0.842. The molecule has 0 aliphatic heterocycles. The first-order chi connectivity index (χ1) is 8.95. The molecule has 0 saturated carbocycles. The lowest BCUT2D eigenvalue weighted by Crippen LogP contribution is -2.13. The Kier molecular flexibility index (Phi) is 3.46. The highest BCUT2D eigenvalue weighted by Crippen LogP contribution is 2.18. The zero-order chi connectivity index (χ0) is 14.0. The SMILES string of the molecule is Cc1cc(F)cc(NC(=O)c2ccc(O)cc2F)c1. The van der Waals surface area contributed by atoms with Gasteiger partial charge in [-0.25, -0.2) is 8.78 Å². The number of benzene rings is 2. The summed E-state index contributed by atoms with van der Waals surface area (Å²) in [5.74, 6) is -2.30. The number of anilines is 1. The van der Waals surface area contributed by atoms with Gasteiger partial charge in [0, 0.05) is 11.8 Å². The van der Waals surface area contributed by atoms with Crippen LogP contribution >= 0.6 is 0 Å². The molecular weight excluding hydrogens is 252 g/mol. The van der Waals surface area contributed by atoms with Crippen LogP contribution in [-0.4, -0.2) is 11.0 Å². The minimum Gasteiger partial charge on any atom is -0.508 e. The van der Waals surface area contributed by atoms with Crippen molar-refractivity contribution in [2.75, 3.05) is 5.32 Å². The van der Waals surface area contributed by atoms with Gasteiger partial charge >= 0.3 is 0 Å². The molecule has 98 valence electrons. The van der Waals surface area contributed by atoms with Crippen LogP contribution in [0.4, 0.5) is 14.5 Å². The molecule has 0 spiro atoms. The minimum absolute atomic E-state index is 0.222. The van der Waals surface area contributed by atoms with E-state index in [2.05, 4.69) is 5.32 Å². The normalized spacial score (nSPS) is 10.3. The van der Waals surface area contributed by atoms with Crippen LogP contribution in [0.1, 0.15) is 15.9 Å². The maximum atomic E-state index is 13.5. The highest BCUT2D eigenvalue weighted by Gasteiger charge is 2.12. The Morgan fingerprint density at radius 3 is 2.53 bits per heavy atom. The van der Waals surface area contributed by atoms with Gasteiger partial charge in [0.2, 0.25) is 0 Å². The number of carbonyl (C=O) groups excluding carboxylic acids is 1. The maximum Gasteiger partial charge on any atom is 0.258 e. The summed E-state index contributed by atoms with van der Waals surface area (Å²) in [5.41, 5.74) is 0.663. The van der Waals surface area contributed by atoms with Crippen molar-refractivity contribution in [3.05, 3.63) is 59.2 Å². The molecule has 0 atom stereocenters. The predicted molar refractivity (Wildman–Crippen MR) is 67.2 cm³/mol. The number of carbonyl (C=O) groups is 1. The molecule has 0 aliphatic rings. The fourth-order valence-corrected chi connectivity index (χ4v) is 1.70. The number of hydrogen-bond acceptors (Lipinski definition) is 2. The van der Waals surface area contributed by atoms with Gasteiger partial charge in [-0.15, -0.1) is 0 Å². The van der Waals surface area contributed by atoms with Crippen LogP contribution in [0.2, 0.25) is 0 Å². The topological polar surface area (TPSA) is 49.3 Å². The summed E-state index contributed by atoms with van der Waals surface area (Å²) in [5, 5.41) is 11.5. The zero-order valence-corrected chi connectivity index (χ0v) is 10.1. The first-order valence-electron chi connectivity index (χ1n) is 5.53. The molecule has 0 radical (unpaired) electrons. The molecule has 0 aliphatic carbocycles. The summed E-state index contributed by atoms with van der Waals surface area (Å²) in [6.07, 6.45) is 0. The fourth-order valence-electron chi connectivity index (χ4n) is 1.70. The summed E-state index contributed by atoms with van der Waals surface area (Å²) < 4.78 is 26.6. The van der Waals surface area contributed by atoms with Crippen molar-refractivity contribution < 1.29 is 18.7 Å². The van der Waals surface area contributed by atoms with E-state index in [0.29, 0.717) is 5.56 Å². The van der Waals surface area contributed by atoms with E-state index < -0.39 is 17.5 Å². The summed E-state index contributed by atoms with van der Waals surface area (Å²) in [6.45, 7) is 1.68. The molecular formula is C14H11F2NO2. The monoisotopic (exact) mass is 263 g/mol. The average Bonchev–Trinajstić information content (AvgIpc) is 2.26. The Morgan fingerprint density at radius 2 is 1.89 bits per heavy atom. The van der Waals surface area contributed by atoms with Gasteiger partial charge in [0.15, 0.2) is 0 Å². The third-order valence-corrected chi connectivity index (χ3v) is 2.50. The van der Waals surface area contributed by atoms with Crippen LogP contribution in [0.3, 0.4) is 0 Å². The molecule has 0 bridgehead atoms. The maximum absolute atomic E-state index is 13.5. The number of amides is 1. The third-order valence-electron chi connectivity index (χ3n) is 2.50. The number of nitrogens with one attached hydrogen (secondary N) is 1. The molecule has 1 amide bonds. The smallest absolute Gasteiger partial charge is 0.258 e. The van der Waals surface area contributed by atoms with Crippen molar-refractivity contribution in [3.8, 4) is 5.75 Å². The second-order valence-electron chi connectivity index (χ2n) is 4.14. The molecule has 0 aromatic heterocycles. The Hall–Kier alpha value is -2.43. The van der Waals surface area contributed by atoms with Gasteiger partial charge in [0.1, 0.15) is 17.4 Å². The molecule has 2 aromatic rings. The fraction of sp³-hybridized carbons (Fsp3) is 0.0714. The van der Waals surface area contributed by atoms with Gasteiger partial charge in [-0.1, -0.05) is 0 Å². The van der Waals surface area contributed by atoms with Gasteiger partial charge in [-0.05, 0) is 42.8 Å². The largest absolute Gasteiger partial charge is 0.508 e. The summed E-state index contributed by atoms with van der Waals surface area (Å²) in [6, 6.07) is 7.23. The number of halogens is 2. The molecule has 2 rings (SSSR count). The number of aromatic hydroxyl groups is 1. The summed E-state index contributed by atoms with van der Waals surface area (Å²) in [4.78, 5) is 11.8. The molecule has 0 saturated heterocycles. The lowest BCUT2D eigenvalue weighted by atomic mass is 10.1. The van der Waals surface area contributed by atoms with E-state index in [1.807, 2.05) is 0 Å². The molecule has 0 heterocycles. The van der Waals surface area contributed by atoms with Crippen LogP contribution in [0, 0.1) is 18.6 Å². The molecule has 2 aromatic carbocycles. The molecule has 3 nitrogen and oxygen atoms in total. The van der Waals surface area contributed by atoms with E-state index in [1.54, 1.807) is 13.0 Å². The Balaban J connectivity index is 2.25. The van der Waals surface area contributed by atoms with E-state index in [9.17, 15) is 13.6 Å². The average molecular weight is 263 g/mol. The van der Waals surface area contributed by atoms with Crippen LogP contribution in [0.25, 0.3) is 0 Å². The third kappa shape index (κ3) is 3.07. The van der Waals surface area contributed by atoms with Crippen molar-refractivity contribution in [1.29, 1.82) is 0 Å². The zero-order valence-electron chi connectivity index (χ0n) is 10.1. The lowest BCUT2D eigenvalue weighted by Gasteiger charge is -2.07. The molecule has 19 heavy (non-hydrogen) atoms.